The third kappa shape index (κ3) is 1.93. The van der Waals surface area contributed by atoms with Crippen LogP contribution in [0.1, 0.15) is 11.6 Å². The molecule has 0 amide bonds. The van der Waals surface area contributed by atoms with Gasteiger partial charge in [0.25, 0.3) is 0 Å². The number of hydrogen-bond donors (Lipinski definition) is 1. The Morgan fingerprint density at radius 3 is 2.55 bits per heavy atom. The van der Waals surface area contributed by atoms with E-state index in [4.69, 9.17) is 23.2 Å². The molecule has 2 aromatic carbocycles. The van der Waals surface area contributed by atoms with E-state index in [1.54, 1.807) is 12.1 Å². The highest BCUT2D eigenvalue weighted by molar-refractivity contribution is 6.37. The molecule has 5 heteroatoms. The molecule has 4 rings (SSSR count). The fraction of sp³-hybridized carbons (Fsp3) is 0.118. The Morgan fingerprint density at radius 2 is 1.77 bits per heavy atom. The Morgan fingerprint density at radius 1 is 1.05 bits per heavy atom. The summed E-state index contributed by atoms with van der Waals surface area (Å²) >= 11 is 12.2. The minimum atomic E-state index is -0.639. The van der Waals surface area contributed by atoms with Crippen LogP contribution in [0.4, 0.5) is 5.69 Å². The van der Waals surface area contributed by atoms with Gasteiger partial charge in [-0.05, 0) is 30.3 Å². The zero-order valence-corrected chi connectivity index (χ0v) is 13.0. The summed E-state index contributed by atoms with van der Waals surface area (Å²) in [6.07, 6.45) is 1.89. The molecule has 1 aromatic heterocycles. The Hall–Kier alpha value is -1.97. The number of nitrogens with one attached hydrogen (secondary N) is 1. The number of anilines is 1. The second-order valence-electron chi connectivity index (χ2n) is 5.31. The molecule has 1 saturated heterocycles. The molecule has 0 aliphatic carbocycles. The second kappa shape index (κ2) is 5.04. The Labute approximate surface area is 137 Å². The van der Waals surface area contributed by atoms with Crippen LogP contribution in [0.25, 0.3) is 10.9 Å². The summed E-state index contributed by atoms with van der Waals surface area (Å²) in [5, 5.41) is 1.70. The SMILES string of the molecule is O=C1[C@@H](Cl)N(c2ccc(Cl)cc2)[C@@H]1c1c[nH]c2ccccc12. The number of ketones is 1. The van der Waals surface area contributed by atoms with Crippen molar-refractivity contribution in [2.45, 2.75) is 11.5 Å². The molecule has 110 valence electrons. The van der Waals surface area contributed by atoms with Gasteiger partial charge >= 0.3 is 0 Å². The highest BCUT2D eigenvalue weighted by Gasteiger charge is 2.48. The maximum atomic E-state index is 12.3. The summed E-state index contributed by atoms with van der Waals surface area (Å²) in [6, 6.07) is 14.9. The highest BCUT2D eigenvalue weighted by atomic mass is 35.5. The number of para-hydroxylation sites is 1. The van der Waals surface area contributed by atoms with Crippen molar-refractivity contribution in [2.24, 2.45) is 0 Å². The lowest BCUT2D eigenvalue weighted by Crippen LogP contribution is -2.56. The lowest BCUT2D eigenvalue weighted by molar-refractivity contribution is -0.124. The minimum absolute atomic E-state index is 0.0152. The van der Waals surface area contributed by atoms with Gasteiger partial charge in [-0.15, -0.1) is 0 Å². The lowest BCUT2D eigenvalue weighted by Gasteiger charge is -2.45. The van der Waals surface area contributed by atoms with E-state index >= 15 is 0 Å². The number of benzene rings is 2. The molecular weight excluding hydrogens is 319 g/mol. The van der Waals surface area contributed by atoms with Crippen LogP contribution in [-0.4, -0.2) is 16.3 Å². The fourth-order valence-electron chi connectivity index (χ4n) is 2.97. The van der Waals surface area contributed by atoms with Crippen molar-refractivity contribution in [1.29, 1.82) is 0 Å². The molecule has 1 aliphatic rings. The van der Waals surface area contributed by atoms with E-state index in [1.165, 1.54) is 0 Å². The zero-order valence-electron chi connectivity index (χ0n) is 11.5. The predicted octanol–water partition coefficient (Wildman–Crippen LogP) is 4.52. The summed E-state index contributed by atoms with van der Waals surface area (Å²) in [5.41, 5.74) is 2.21. The van der Waals surface area contributed by atoms with Crippen molar-refractivity contribution in [3.63, 3.8) is 0 Å². The van der Waals surface area contributed by atoms with E-state index in [0.29, 0.717) is 5.02 Å². The van der Waals surface area contributed by atoms with E-state index < -0.39 is 5.50 Å². The van der Waals surface area contributed by atoms with E-state index in [0.717, 1.165) is 22.2 Å². The second-order valence-corrected chi connectivity index (χ2v) is 6.16. The molecule has 2 atom stereocenters. The average Bonchev–Trinajstić information content (AvgIpc) is 2.96. The lowest BCUT2D eigenvalue weighted by atomic mass is 9.92. The van der Waals surface area contributed by atoms with E-state index in [-0.39, 0.29) is 11.8 Å². The maximum Gasteiger partial charge on any atom is 0.197 e. The number of fused-ring (bicyclic) bond motifs is 1. The maximum absolute atomic E-state index is 12.3. The van der Waals surface area contributed by atoms with Gasteiger partial charge in [0, 0.05) is 33.4 Å². The van der Waals surface area contributed by atoms with E-state index in [1.807, 2.05) is 47.5 Å². The molecule has 1 fully saturated rings. The molecular formula is C17H12Cl2N2O. The number of aromatic nitrogens is 1. The number of nitrogens with zero attached hydrogens (tertiary/aromatic N) is 1. The number of H-pyrrole nitrogens is 1. The Kier molecular flexibility index (Phi) is 3.13. The monoisotopic (exact) mass is 330 g/mol. The molecule has 1 aliphatic heterocycles. The van der Waals surface area contributed by atoms with Crippen molar-refractivity contribution in [3.8, 4) is 0 Å². The van der Waals surface area contributed by atoms with Gasteiger partial charge in [-0.3, -0.25) is 4.79 Å². The van der Waals surface area contributed by atoms with Crippen molar-refractivity contribution in [1.82, 2.24) is 4.98 Å². The smallest absolute Gasteiger partial charge is 0.197 e. The zero-order chi connectivity index (χ0) is 15.3. The molecule has 0 unspecified atom stereocenters. The molecule has 1 N–H and O–H groups in total. The fourth-order valence-corrected chi connectivity index (χ4v) is 3.44. The van der Waals surface area contributed by atoms with Crippen LogP contribution >= 0.6 is 23.2 Å². The highest BCUT2D eigenvalue weighted by Crippen LogP contribution is 2.43. The first kappa shape index (κ1) is 13.7. The third-order valence-corrected chi connectivity index (χ3v) is 4.74. The number of rotatable bonds is 2. The van der Waals surface area contributed by atoms with Crippen LogP contribution < -0.4 is 4.90 Å². The number of aromatic amines is 1. The van der Waals surface area contributed by atoms with Crippen LogP contribution in [0.15, 0.2) is 54.7 Å². The van der Waals surface area contributed by atoms with Crippen molar-refractivity contribution >= 4 is 45.6 Å². The van der Waals surface area contributed by atoms with Crippen molar-refractivity contribution in [2.75, 3.05) is 4.90 Å². The quantitative estimate of drug-likeness (QED) is 0.554. The van der Waals surface area contributed by atoms with Gasteiger partial charge in [-0.2, -0.15) is 0 Å². The van der Waals surface area contributed by atoms with Crippen LogP contribution in [0.2, 0.25) is 5.02 Å². The number of halogens is 2. The molecule has 3 nitrogen and oxygen atoms in total. The summed E-state index contributed by atoms with van der Waals surface area (Å²) < 4.78 is 0. The number of carbonyl (C=O) groups excluding carboxylic acids is 1. The van der Waals surface area contributed by atoms with Crippen LogP contribution in [0, 0.1) is 0 Å². The first-order chi connectivity index (χ1) is 10.7. The van der Waals surface area contributed by atoms with E-state index in [9.17, 15) is 4.79 Å². The molecule has 0 bridgehead atoms. The van der Waals surface area contributed by atoms with Gasteiger partial charge in [-0.1, -0.05) is 41.4 Å². The first-order valence-corrected chi connectivity index (χ1v) is 7.76. The van der Waals surface area contributed by atoms with Crippen molar-refractivity contribution < 1.29 is 4.79 Å². The molecule has 3 aromatic rings. The van der Waals surface area contributed by atoms with Gasteiger partial charge in [0.1, 0.15) is 6.04 Å². The van der Waals surface area contributed by atoms with E-state index in [2.05, 4.69) is 4.98 Å². The third-order valence-electron chi connectivity index (χ3n) is 4.07. The van der Waals surface area contributed by atoms with Gasteiger partial charge in [-0.25, -0.2) is 0 Å². The average molecular weight is 331 g/mol. The summed E-state index contributed by atoms with van der Waals surface area (Å²) in [6.45, 7) is 0. The summed E-state index contributed by atoms with van der Waals surface area (Å²) in [7, 11) is 0. The molecule has 0 saturated carbocycles. The number of Topliss-reactive ketones (excluding diaryl/α,β-unsaturated/α-hetero) is 1. The standard InChI is InChI=1S/C17H12Cl2N2O/c18-10-5-7-11(8-6-10)21-15(16(22)17(21)19)13-9-20-14-4-2-1-3-12(13)14/h1-9,15,17,20H/t15-,17+/m1/s1. The normalized spacial score (nSPS) is 21.2. The number of hydrogen-bond acceptors (Lipinski definition) is 2. The van der Waals surface area contributed by atoms with Gasteiger partial charge in [0.15, 0.2) is 11.3 Å². The van der Waals surface area contributed by atoms with Crippen LogP contribution in [0.3, 0.4) is 0 Å². The Bertz CT molecular complexity index is 856. The summed E-state index contributed by atoms with van der Waals surface area (Å²) in [5.74, 6) is 0.0152. The van der Waals surface area contributed by atoms with Crippen LogP contribution in [0.5, 0.6) is 0 Å². The number of alkyl halides is 1. The molecule has 2 heterocycles. The predicted molar refractivity (Wildman–Crippen MR) is 89.6 cm³/mol. The van der Waals surface area contributed by atoms with Gasteiger partial charge < -0.3 is 9.88 Å². The van der Waals surface area contributed by atoms with Gasteiger partial charge in [0.05, 0.1) is 0 Å². The topological polar surface area (TPSA) is 36.1 Å². The molecule has 22 heavy (non-hydrogen) atoms. The number of carbonyl (C=O) groups is 1. The van der Waals surface area contributed by atoms with Crippen molar-refractivity contribution in [3.05, 3.63) is 65.3 Å². The first-order valence-electron chi connectivity index (χ1n) is 6.94. The van der Waals surface area contributed by atoms with Gasteiger partial charge in [0.2, 0.25) is 0 Å². The Balaban J connectivity index is 1.79. The largest absolute Gasteiger partial charge is 0.361 e. The van der Waals surface area contributed by atoms with Crippen LogP contribution in [-0.2, 0) is 4.79 Å². The molecule has 0 radical (unpaired) electrons. The molecule has 0 spiro atoms. The minimum Gasteiger partial charge on any atom is -0.361 e. The summed E-state index contributed by atoms with van der Waals surface area (Å²) in [4.78, 5) is 17.5.